The fourth-order valence-electron chi connectivity index (χ4n) is 4.62. The highest BCUT2D eigenvalue weighted by molar-refractivity contribution is 6.04. The molecular formula is C28H30N8O3. The van der Waals surface area contributed by atoms with Gasteiger partial charge in [0.05, 0.1) is 6.04 Å². The van der Waals surface area contributed by atoms with Crippen LogP contribution in [0.4, 0.5) is 5.82 Å². The minimum absolute atomic E-state index is 0.0207. The fourth-order valence-corrected chi connectivity index (χ4v) is 4.62. The van der Waals surface area contributed by atoms with Crippen molar-refractivity contribution in [3.63, 3.8) is 0 Å². The molecule has 0 bridgehead atoms. The first-order valence-electron chi connectivity index (χ1n) is 12.6. The monoisotopic (exact) mass is 526 g/mol. The lowest BCUT2D eigenvalue weighted by Gasteiger charge is -2.24. The molecule has 1 aromatic carbocycles. The molecule has 1 aliphatic heterocycles. The smallest absolute Gasteiger partial charge is 0.269 e. The molecule has 0 unspecified atom stereocenters. The molecule has 4 rings (SSSR count). The number of pyridine rings is 1. The van der Waals surface area contributed by atoms with Gasteiger partial charge >= 0.3 is 0 Å². The molecule has 1 fully saturated rings. The van der Waals surface area contributed by atoms with Crippen LogP contribution in [0.5, 0.6) is 0 Å². The molecule has 0 radical (unpaired) electrons. The van der Waals surface area contributed by atoms with Crippen LogP contribution in [0.1, 0.15) is 65.0 Å². The molecule has 3 heterocycles. The molecule has 0 spiro atoms. The largest absolute Gasteiger partial charge is 0.364 e. The number of carbonyl (C=O) groups is 3. The van der Waals surface area contributed by atoms with E-state index in [1.807, 2.05) is 32.9 Å². The number of nitrogens with two attached hydrogens (primary N) is 2. The van der Waals surface area contributed by atoms with Crippen LogP contribution in [0.25, 0.3) is 11.3 Å². The highest BCUT2D eigenvalue weighted by Gasteiger charge is 2.36. The molecule has 2 aromatic heterocycles. The number of allylic oxidation sites excluding steroid dienone is 1. The lowest BCUT2D eigenvalue weighted by molar-refractivity contribution is -0.127. The minimum atomic E-state index is -0.785. The minimum Gasteiger partial charge on any atom is -0.364 e. The number of hydrogen-bond donors (Lipinski definition) is 3. The topological polar surface area (TPSA) is 173 Å². The Kier molecular flexibility index (Phi) is 7.76. The molecule has 5 N–H and O–H groups in total. The van der Waals surface area contributed by atoms with E-state index in [0.29, 0.717) is 42.2 Å². The summed E-state index contributed by atoms with van der Waals surface area (Å²) in [6.07, 6.45) is 4.48. The number of hydrogen-bond acceptors (Lipinski definition) is 7. The van der Waals surface area contributed by atoms with Crippen LogP contribution in [0, 0.1) is 24.2 Å². The number of benzene rings is 1. The van der Waals surface area contributed by atoms with E-state index in [1.165, 1.54) is 0 Å². The first-order valence-corrected chi connectivity index (χ1v) is 12.6. The van der Waals surface area contributed by atoms with Gasteiger partial charge in [-0.25, -0.2) is 14.6 Å². The van der Waals surface area contributed by atoms with Gasteiger partial charge in [-0.1, -0.05) is 32.1 Å². The van der Waals surface area contributed by atoms with Crippen molar-refractivity contribution >= 4 is 23.5 Å². The van der Waals surface area contributed by atoms with E-state index in [4.69, 9.17) is 11.6 Å². The number of aromatic nitrogens is 3. The van der Waals surface area contributed by atoms with Crippen molar-refractivity contribution < 1.29 is 14.4 Å². The normalized spacial score (nSPS) is 15.3. The standard InChI is InChI=1S/C28H30N8O3/c1-16(2)13-20(15-29)28(39)35-12-4-5-21(35)26-34-23(24(25(30)37)36(26)31)18-6-8-19(9-7-18)27(38)33-22-14-17(3)10-11-32-22/h6-11,13-14,16,21H,4-5,12,31H2,1-3H3,(H2,30,37)(H,32,33,38)/t21-/m0/s1. The van der Waals surface area contributed by atoms with Crippen molar-refractivity contribution in [2.24, 2.45) is 11.7 Å². The van der Waals surface area contributed by atoms with Gasteiger partial charge in [-0.3, -0.25) is 14.4 Å². The van der Waals surface area contributed by atoms with Crippen LogP contribution >= 0.6 is 0 Å². The van der Waals surface area contributed by atoms with Gasteiger partial charge in [0.1, 0.15) is 23.2 Å². The molecule has 3 amide bonds. The second-order valence-electron chi connectivity index (χ2n) is 9.74. The van der Waals surface area contributed by atoms with Crippen LogP contribution in [-0.4, -0.2) is 43.8 Å². The molecule has 0 aliphatic carbocycles. The fraction of sp³-hybridized carbons (Fsp3) is 0.286. The van der Waals surface area contributed by atoms with Gasteiger partial charge in [-0.15, -0.1) is 0 Å². The van der Waals surface area contributed by atoms with E-state index in [0.717, 1.165) is 10.2 Å². The number of rotatable bonds is 7. The zero-order chi connectivity index (χ0) is 28.3. The van der Waals surface area contributed by atoms with Crippen molar-refractivity contribution in [1.82, 2.24) is 19.5 Å². The van der Waals surface area contributed by atoms with Crippen molar-refractivity contribution in [2.45, 2.75) is 39.7 Å². The molecule has 200 valence electrons. The summed E-state index contributed by atoms with van der Waals surface area (Å²) in [7, 11) is 0. The zero-order valence-corrected chi connectivity index (χ0v) is 22.0. The van der Waals surface area contributed by atoms with Gasteiger partial charge < -0.3 is 21.8 Å². The number of imidazole rings is 1. The first kappa shape index (κ1) is 27.1. The number of carbonyl (C=O) groups excluding carboxylic acids is 3. The average Bonchev–Trinajstić information content (AvgIpc) is 3.51. The highest BCUT2D eigenvalue weighted by atomic mass is 16.2. The van der Waals surface area contributed by atoms with Gasteiger partial charge in [0.25, 0.3) is 17.7 Å². The van der Waals surface area contributed by atoms with Crippen LogP contribution in [0.2, 0.25) is 0 Å². The van der Waals surface area contributed by atoms with Crippen LogP contribution < -0.4 is 16.9 Å². The summed E-state index contributed by atoms with van der Waals surface area (Å²) in [4.78, 5) is 48.6. The van der Waals surface area contributed by atoms with Crippen LogP contribution in [-0.2, 0) is 4.79 Å². The van der Waals surface area contributed by atoms with Gasteiger partial charge in [0.2, 0.25) is 0 Å². The summed E-state index contributed by atoms with van der Waals surface area (Å²) in [5, 5.41) is 12.3. The predicted molar refractivity (Wildman–Crippen MR) is 145 cm³/mol. The average molecular weight is 527 g/mol. The van der Waals surface area contributed by atoms with Crippen molar-refractivity contribution in [1.29, 1.82) is 5.26 Å². The third-order valence-electron chi connectivity index (χ3n) is 6.41. The molecule has 1 saturated heterocycles. The number of nitriles is 1. The quantitative estimate of drug-likeness (QED) is 0.241. The van der Waals surface area contributed by atoms with Crippen molar-refractivity contribution in [3.05, 3.63) is 76.9 Å². The van der Waals surface area contributed by atoms with E-state index in [9.17, 15) is 19.6 Å². The maximum absolute atomic E-state index is 13.2. The van der Waals surface area contributed by atoms with Crippen molar-refractivity contribution in [2.75, 3.05) is 17.7 Å². The Morgan fingerprint density at radius 3 is 2.54 bits per heavy atom. The number of primary amides is 1. The lowest BCUT2D eigenvalue weighted by Crippen LogP contribution is -2.34. The number of anilines is 1. The number of nitrogen functional groups attached to an aromatic ring is 1. The second kappa shape index (κ2) is 11.2. The van der Waals surface area contributed by atoms with E-state index < -0.39 is 17.9 Å². The SMILES string of the molecule is Cc1ccnc(NC(=O)c2ccc(-c3nc([C@@H]4CCCN4C(=O)C(C#N)=CC(C)C)n(N)c3C(N)=O)cc2)c1. The van der Waals surface area contributed by atoms with Gasteiger partial charge in [-0.2, -0.15) is 5.26 Å². The molecule has 3 aromatic rings. The Morgan fingerprint density at radius 1 is 1.21 bits per heavy atom. The number of likely N-dealkylation sites (tertiary alicyclic amines) is 1. The van der Waals surface area contributed by atoms with Gasteiger partial charge in [-0.05, 0) is 55.5 Å². The number of amides is 3. The number of nitrogens with zero attached hydrogens (tertiary/aromatic N) is 5. The summed E-state index contributed by atoms with van der Waals surface area (Å²) in [6, 6.07) is 11.5. The maximum atomic E-state index is 13.2. The van der Waals surface area contributed by atoms with E-state index in [1.54, 1.807) is 47.5 Å². The molecule has 11 nitrogen and oxygen atoms in total. The molecule has 0 saturated carbocycles. The Hall–Kier alpha value is -4.98. The van der Waals surface area contributed by atoms with Crippen molar-refractivity contribution in [3.8, 4) is 17.3 Å². The Morgan fingerprint density at radius 2 is 1.92 bits per heavy atom. The third-order valence-corrected chi connectivity index (χ3v) is 6.41. The molecule has 39 heavy (non-hydrogen) atoms. The first-order chi connectivity index (χ1) is 18.6. The Balaban J connectivity index is 1.64. The third kappa shape index (κ3) is 5.65. The summed E-state index contributed by atoms with van der Waals surface area (Å²) in [6.45, 7) is 6.10. The lowest BCUT2D eigenvalue weighted by atomic mass is 10.1. The van der Waals surface area contributed by atoms with Gasteiger partial charge in [0.15, 0.2) is 11.5 Å². The van der Waals surface area contributed by atoms with E-state index in [2.05, 4.69) is 15.3 Å². The zero-order valence-electron chi connectivity index (χ0n) is 22.0. The summed E-state index contributed by atoms with van der Waals surface area (Å²) in [5.74, 6) is 5.53. The highest BCUT2D eigenvalue weighted by Crippen LogP contribution is 2.35. The maximum Gasteiger partial charge on any atom is 0.269 e. The molecule has 11 heteroatoms. The van der Waals surface area contributed by atoms with Crippen LogP contribution in [0.15, 0.2) is 54.2 Å². The Bertz CT molecular complexity index is 1500. The van der Waals surface area contributed by atoms with E-state index in [-0.39, 0.29) is 28.8 Å². The van der Waals surface area contributed by atoms with E-state index >= 15 is 0 Å². The summed E-state index contributed by atoms with van der Waals surface area (Å²) in [5.41, 5.74) is 7.81. The number of aryl methyl sites for hydroxylation is 1. The summed E-state index contributed by atoms with van der Waals surface area (Å²) < 4.78 is 1.12. The molecule has 1 atom stereocenters. The summed E-state index contributed by atoms with van der Waals surface area (Å²) >= 11 is 0. The predicted octanol–water partition coefficient (Wildman–Crippen LogP) is 3.09. The molecular weight excluding hydrogens is 496 g/mol. The number of nitrogens with one attached hydrogen (secondary N) is 1. The van der Waals surface area contributed by atoms with Gasteiger partial charge in [0, 0.05) is 23.9 Å². The molecule has 1 aliphatic rings. The second-order valence-corrected chi connectivity index (χ2v) is 9.74. The Labute approximate surface area is 226 Å². The van der Waals surface area contributed by atoms with Crippen LogP contribution in [0.3, 0.4) is 0 Å².